The van der Waals surface area contributed by atoms with Crippen LogP contribution in [0.15, 0.2) is 36.4 Å². The number of benzene rings is 1. The average molecular weight is 278 g/mol. The first-order valence-corrected chi connectivity index (χ1v) is 6.48. The Hall–Kier alpha value is -1.94. The van der Waals surface area contributed by atoms with Crippen molar-refractivity contribution in [3.05, 3.63) is 41.6 Å². The zero-order valence-corrected chi connectivity index (χ0v) is 11.4. The topological polar surface area (TPSA) is 60.2 Å². The van der Waals surface area contributed by atoms with Crippen LogP contribution < -0.4 is 15.8 Å². The van der Waals surface area contributed by atoms with Crippen LogP contribution in [0.2, 0.25) is 5.15 Å². The van der Waals surface area contributed by atoms with E-state index in [1.165, 1.54) is 0 Å². The number of halogens is 1. The van der Waals surface area contributed by atoms with Crippen molar-refractivity contribution in [2.45, 2.75) is 13.3 Å². The summed E-state index contributed by atoms with van der Waals surface area (Å²) in [6, 6.07) is 11.0. The van der Waals surface area contributed by atoms with Gasteiger partial charge in [0.2, 0.25) is 0 Å². The van der Waals surface area contributed by atoms with Gasteiger partial charge in [-0.3, -0.25) is 0 Å². The summed E-state index contributed by atoms with van der Waals surface area (Å²) in [5.74, 6) is 1.40. The number of anilines is 3. The summed E-state index contributed by atoms with van der Waals surface area (Å²) in [7, 11) is 0. The summed E-state index contributed by atoms with van der Waals surface area (Å²) in [6.45, 7) is 2.79. The molecule has 0 aliphatic carbocycles. The van der Waals surface area contributed by atoms with Crippen LogP contribution in [-0.4, -0.2) is 11.6 Å². The van der Waals surface area contributed by atoms with E-state index in [1.54, 1.807) is 12.1 Å². The minimum Gasteiger partial charge on any atom is -0.494 e. The molecule has 0 saturated carbocycles. The van der Waals surface area contributed by atoms with E-state index in [-0.39, 0.29) is 0 Å². The summed E-state index contributed by atoms with van der Waals surface area (Å²) in [5.41, 5.74) is 7.26. The minimum atomic E-state index is 0.402. The van der Waals surface area contributed by atoms with Gasteiger partial charge in [0, 0.05) is 5.69 Å². The van der Waals surface area contributed by atoms with Gasteiger partial charge in [0.25, 0.3) is 0 Å². The summed E-state index contributed by atoms with van der Waals surface area (Å²) < 4.78 is 5.51. The van der Waals surface area contributed by atoms with E-state index in [1.807, 2.05) is 24.3 Å². The molecule has 1 aromatic heterocycles. The maximum atomic E-state index is 5.84. The lowest BCUT2D eigenvalue weighted by Crippen LogP contribution is -1.99. The third-order valence-electron chi connectivity index (χ3n) is 2.48. The van der Waals surface area contributed by atoms with Crippen LogP contribution >= 0.6 is 11.6 Å². The van der Waals surface area contributed by atoms with E-state index in [0.717, 1.165) is 24.5 Å². The quantitative estimate of drug-likeness (QED) is 0.815. The fourth-order valence-electron chi connectivity index (χ4n) is 1.54. The van der Waals surface area contributed by atoms with Crippen LogP contribution in [0.3, 0.4) is 0 Å². The largest absolute Gasteiger partial charge is 0.494 e. The fraction of sp³-hybridized carbons (Fsp3) is 0.214. The molecule has 0 unspecified atom stereocenters. The highest BCUT2D eigenvalue weighted by molar-refractivity contribution is 6.29. The van der Waals surface area contributed by atoms with Crippen LogP contribution in [0.1, 0.15) is 13.3 Å². The number of nitrogen functional groups attached to an aromatic ring is 1. The molecule has 100 valence electrons. The van der Waals surface area contributed by atoms with Gasteiger partial charge in [-0.25, -0.2) is 4.98 Å². The molecule has 1 heterocycles. The highest BCUT2D eigenvalue weighted by atomic mass is 35.5. The van der Waals surface area contributed by atoms with Crippen LogP contribution in [-0.2, 0) is 0 Å². The third kappa shape index (κ3) is 3.76. The van der Waals surface area contributed by atoms with Crippen molar-refractivity contribution in [1.29, 1.82) is 0 Å². The first-order valence-electron chi connectivity index (χ1n) is 6.11. The van der Waals surface area contributed by atoms with Crippen molar-refractivity contribution in [3.63, 3.8) is 0 Å². The van der Waals surface area contributed by atoms with Gasteiger partial charge in [-0.05, 0) is 42.8 Å². The number of hydrogen-bond donors (Lipinski definition) is 2. The molecule has 0 fully saturated rings. The van der Waals surface area contributed by atoms with Gasteiger partial charge in [0.1, 0.15) is 10.9 Å². The van der Waals surface area contributed by atoms with Crippen molar-refractivity contribution < 1.29 is 4.74 Å². The number of pyridine rings is 1. The first kappa shape index (κ1) is 13.5. The minimum absolute atomic E-state index is 0.402. The first-order chi connectivity index (χ1) is 9.19. The molecule has 0 amide bonds. The van der Waals surface area contributed by atoms with Gasteiger partial charge in [0.15, 0.2) is 5.82 Å². The third-order valence-corrected chi connectivity index (χ3v) is 2.69. The second-order valence-electron chi connectivity index (χ2n) is 4.07. The van der Waals surface area contributed by atoms with Gasteiger partial charge in [0.05, 0.1) is 12.3 Å². The summed E-state index contributed by atoms with van der Waals surface area (Å²) in [6.07, 6.45) is 0.989. The number of hydrogen-bond acceptors (Lipinski definition) is 4. The maximum absolute atomic E-state index is 5.84. The Morgan fingerprint density at radius 3 is 2.63 bits per heavy atom. The number of nitrogens with two attached hydrogens (primary N) is 1. The van der Waals surface area contributed by atoms with Gasteiger partial charge < -0.3 is 15.8 Å². The van der Waals surface area contributed by atoms with Crippen LogP contribution in [0.25, 0.3) is 0 Å². The Bertz CT molecular complexity index is 543. The summed E-state index contributed by atoms with van der Waals surface area (Å²) >= 11 is 5.84. The predicted molar refractivity (Wildman–Crippen MR) is 79.2 cm³/mol. The smallest absolute Gasteiger partial charge is 0.155 e. The number of nitrogens with one attached hydrogen (secondary N) is 1. The van der Waals surface area contributed by atoms with Gasteiger partial charge in [-0.1, -0.05) is 18.5 Å². The zero-order valence-electron chi connectivity index (χ0n) is 10.7. The fourth-order valence-corrected chi connectivity index (χ4v) is 1.68. The SMILES string of the molecule is CCCOc1ccc(Nc2nc(Cl)ccc2N)cc1. The Kier molecular flexibility index (Phi) is 4.47. The lowest BCUT2D eigenvalue weighted by Gasteiger charge is -2.09. The second-order valence-corrected chi connectivity index (χ2v) is 4.46. The summed E-state index contributed by atoms with van der Waals surface area (Å²) in [5, 5.41) is 3.52. The molecule has 3 N–H and O–H groups in total. The van der Waals surface area contributed by atoms with E-state index < -0.39 is 0 Å². The molecule has 0 spiro atoms. The van der Waals surface area contributed by atoms with Crippen molar-refractivity contribution in [3.8, 4) is 5.75 Å². The highest BCUT2D eigenvalue weighted by Gasteiger charge is 2.03. The average Bonchev–Trinajstić information content (AvgIpc) is 2.42. The van der Waals surface area contributed by atoms with Gasteiger partial charge >= 0.3 is 0 Å². The molecule has 0 saturated heterocycles. The van der Waals surface area contributed by atoms with Crippen molar-refractivity contribution in [1.82, 2.24) is 4.98 Å². The van der Waals surface area contributed by atoms with Crippen LogP contribution in [0.4, 0.5) is 17.2 Å². The molecule has 0 atom stereocenters. The lowest BCUT2D eigenvalue weighted by atomic mass is 10.3. The predicted octanol–water partition coefficient (Wildman–Crippen LogP) is 3.85. The van der Waals surface area contributed by atoms with E-state index in [4.69, 9.17) is 22.1 Å². The van der Waals surface area contributed by atoms with Crippen molar-refractivity contribution in [2.75, 3.05) is 17.7 Å². The van der Waals surface area contributed by atoms with Crippen LogP contribution in [0.5, 0.6) is 5.75 Å². The summed E-state index contributed by atoms with van der Waals surface area (Å²) in [4.78, 5) is 4.14. The number of rotatable bonds is 5. The molecule has 1 aromatic carbocycles. The van der Waals surface area contributed by atoms with Crippen molar-refractivity contribution in [2.24, 2.45) is 0 Å². The highest BCUT2D eigenvalue weighted by Crippen LogP contribution is 2.24. The van der Waals surface area contributed by atoms with Crippen molar-refractivity contribution >= 4 is 28.8 Å². The lowest BCUT2D eigenvalue weighted by molar-refractivity contribution is 0.317. The molecule has 4 nitrogen and oxygen atoms in total. The zero-order chi connectivity index (χ0) is 13.7. The molecule has 2 rings (SSSR count). The second kappa shape index (κ2) is 6.29. The molecule has 2 aromatic rings. The molecule has 0 aliphatic rings. The normalized spacial score (nSPS) is 10.2. The number of nitrogens with zero attached hydrogens (tertiary/aromatic N) is 1. The molecule has 0 aliphatic heterocycles. The van der Waals surface area contributed by atoms with E-state index in [2.05, 4.69) is 17.2 Å². The Morgan fingerprint density at radius 2 is 1.95 bits per heavy atom. The monoisotopic (exact) mass is 277 g/mol. The molecule has 0 bridgehead atoms. The Morgan fingerprint density at radius 1 is 1.21 bits per heavy atom. The van der Waals surface area contributed by atoms with E-state index in [0.29, 0.717) is 16.7 Å². The molecule has 0 radical (unpaired) electrons. The van der Waals surface area contributed by atoms with E-state index in [9.17, 15) is 0 Å². The molecular weight excluding hydrogens is 262 g/mol. The number of aromatic nitrogens is 1. The molecular formula is C14H16ClN3O. The Labute approximate surface area is 117 Å². The Balaban J connectivity index is 2.08. The van der Waals surface area contributed by atoms with E-state index >= 15 is 0 Å². The van der Waals surface area contributed by atoms with Crippen LogP contribution in [0, 0.1) is 0 Å². The number of ether oxygens (including phenoxy) is 1. The molecule has 5 heteroatoms. The van der Waals surface area contributed by atoms with Gasteiger partial charge in [-0.15, -0.1) is 0 Å². The van der Waals surface area contributed by atoms with Gasteiger partial charge in [-0.2, -0.15) is 0 Å². The standard InChI is InChI=1S/C14H16ClN3O/c1-2-9-19-11-5-3-10(4-6-11)17-14-12(16)7-8-13(15)18-14/h3-8H,2,9,16H2,1H3,(H,17,18). The maximum Gasteiger partial charge on any atom is 0.155 e. The molecule has 19 heavy (non-hydrogen) atoms.